The Balaban J connectivity index is 2.16. The maximum atomic E-state index is 12.8. The number of nitrogens with zero attached hydrogens (tertiary/aromatic N) is 1. The molecule has 0 unspecified atom stereocenters. The number of amides is 2. The minimum Gasteiger partial charge on any atom is -0.507 e. The number of ether oxygens (including phenoxy) is 1. The molecule has 0 heterocycles. The van der Waals surface area contributed by atoms with Gasteiger partial charge in [0.05, 0.1) is 23.4 Å². The lowest BCUT2D eigenvalue weighted by Gasteiger charge is -2.22. The molecule has 144 valence electrons. The van der Waals surface area contributed by atoms with E-state index in [1.807, 2.05) is 6.92 Å². The Bertz CT molecular complexity index is 842. The zero-order valence-corrected chi connectivity index (χ0v) is 16.5. The van der Waals surface area contributed by atoms with E-state index in [1.54, 1.807) is 18.2 Å². The number of methoxy groups -OCH3 is 1. The first-order valence-electron chi connectivity index (χ1n) is 8.26. The van der Waals surface area contributed by atoms with Gasteiger partial charge in [0.1, 0.15) is 18.0 Å². The van der Waals surface area contributed by atoms with Crippen LogP contribution in [0.4, 0.5) is 5.69 Å². The van der Waals surface area contributed by atoms with E-state index in [0.29, 0.717) is 34.4 Å². The molecule has 2 amide bonds. The average Bonchev–Trinajstić information content (AvgIpc) is 2.63. The average molecular weight is 411 g/mol. The van der Waals surface area contributed by atoms with Crippen molar-refractivity contribution in [2.75, 3.05) is 25.5 Å². The van der Waals surface area contributed by atoms with Gasteiger partial charge in [-0.15, -0.1) is 0 Å². The van der Waals surface area contributed by atoms with E-state index >= 15 is 0 Å². The number of halogens is 2. The minimum atomic E-state index is -0.467. The predicted octanol–water partition coefficient (Wildman–Crippen LogP) is 4.20. The maximum Gasteiger partial charge on any atom is 0.258 e. The number of nitrogens with one attached hydrogen (secondary N) is 1. The van der Waals surface area contributed by atoms with Crippen LogP contribution in [0.5, 0.6) is 11.5 Å². The van der Waals surface area contributed by atoms with Crippen LogP contribution in [0.1, 0.15) is 23.7 Å². The van der Waals surface area contributed by atoms with Gasteiger partial charge < -0.3 is 20.1 Å². The maximum absolute atomic E-state index is 12.8. The lowest BCUT2D eigenvalue weighted by atomic mass is 10.1. The van der Waals surface area contributed by atoms with Gasteiger partial charge in [-0.05, 0) is 42.8 Å². The standard InChI is InChI=1S/C19H20Cl2N2O4/c1-3-8-23(19(26)14-10-13(27-2)5-7-17(14)24)11-18(25)22-16-6-4-12(20)9-15(16)21/h4-7,9-10,24H,3,8,11H2,1-2H3,(H,22,25). The zero-order valence-electron chi connectivity index (χ0n) is 15.0. The van der Waals surface area contributed by atoms with Crippen molar-refractivity contribution >= 4 is 40.7 Å². The number of hydrogen-bond donors (Lipinski definition) is 2. The molecule has 2 N–H and O–H groups in total. The lowest BCUT2D eigenvalue weighted by Crippen LogP contribution is -2.38. The van der Waals surface area contributed by atoms with E-state index in [-0.39, 0.29) is 17.9 Å². The highest BCUT2D eigenvalue weighted by Crippen LogP contribution is 2.26. The van der Waals surface area contributed by atoms with Gasteiger partial charge in [-0.3, -0.25) is 9.59 Å². The van der Waals surface area contributed by atoms with E-state index in [1.165, 1.54) is 30.2 Å². The Morgan fingerprint density at radius 2 is 1.93 bits per heavy atom. The highest BCUT2D eigenvalue weighted by molar-refractivity contribution is 6.36. The number of anilines is 1. The van der Waals surface area contributed by atoms with Gasteiger partial charge in [0.15, 0.2) is 0 Å². The molecule has 2 rings (SSSR count). The molecule has 2 aromatic carbocycles. The molecule has 0 saturated heterocycles. The van der Waals surface area contributed by atoms with Gasteiger partial charge in [0.2, 0.25) is 5.91 Å². The molecule has 8 heteroatoms. The van der Waals surface area contributed by atoms with Crippen molar-refractivity contribution in [2.24, 2.45) is 0 Å². The van der Waals surface area contributed by atoms with Gasteiger partial charge in [-0.1, -0.05) is 30.1 Å². The van der Waals surface area contributed by atoms with Crippen LogP contribution in [0.15, 0.2) is 36.4 Å². The fourth-order valence-corrected chi connectivity index (χ4v) is 2.92. The molecule has 0 radical (unpaired) electrons. The summed E-state index contributed by atoms with van der Waals surface area (Å²) in [5, 5.41) is 13.4. The Morgan fingerprint density at radius 3 is 2.56 bits per heavy atom. The van der Waals surface area contributed by atoms with Crippen molar-refractivity contribution in [1.82, 2.24) is 4.90 Å². The third-order valence-corrected chi connectivity index (χ3v) is 4.30. The zero-order chi connectivity index (χ0) is 20.0. The van der Waals surface area contributed by atoms with Crippen molar-refractivity contribution in [3.05, 3.63) is 52.0 Å². The number of benzene rings is 2. The Hall–Kier alpha value is -2.44. The van der Waals surface area contributed by atoms with E-state index in [9.17, 15) is 14.7 Å². The lowest BCUT2D eigenvalue weighted by molar-refractivity contribution is -0.116. The molecule has 0 aliphatic rings. The van der Waals surface area contributed by atoms with Crippen LogP contribution in [-0.2, 0) is 4.79 Å². The SMILES string of the molecule is CCCN(CC(=O)Nc1ccc(Cl)cc1Cl)C(=O)c1cc(OC)ccc1O. The number of aromatic hydroxyl groups is 1. The largest absolute Gasteiger partial charge is 0.507 e. The Kier molecular flexibility index (Phi) is 7.33. The van der Waals surface area contributed by atoms with Crippen LogP contribution >= 0.6 is 23.2 Å². The smallest absolute Gasteiger partial charge is 0.258 e. The van der Waals surface area contributed by atoms with Crippen molar-refractivity contribution < 1.29 is 19.4 Å². The summed E-state index contributed by atoms with van der Waals surface area (Å²) in [7, 11) is 1.47. The number of rotatable bonds is 7. The molecule has 0 aromatic heterocycles. The second kappa shape index (κ2) is 9.48. The van der Waals surface area contributed by atoms with Crippen LogP contribution in [0.2, 0.25) is 10.0 Å². The van der Waals surface area contributed by atoms with Crippen molar-refractivity contribution in [1.29, 1.82) is 0 Å². The first kappa shape index (κ1) is 20.9. The fourth-order valence-electron chi connectivity index (χ4n) is 2.46. The third kappa shape index (κ3) is 5.52. The van der Waals surface area contributed by atoms with E-state index in [0.717, 1.165) is 0 Å². The first-order valence-corrected chi connectivity index (χ1v) is 9.02. The van der Waals surface area contributed by atoms with Crippen molar-refractivity contribution in [3.8, 4) is 11.5 Å². The summed E-state index contributed by atoms with van der Waals surface area (Å²) in [6.07, 6.45) is 0.644. The molecule has 0 bridgehead atoms. The molecular formula is C19H20Cl2N2O4. The van der Waals surface area contributed by atoms with Gasteiger partial charge in [-0.2, -0.15) is 0 Å². The van der Waals surface area contributed by atoms with E-state index < -0.39 is 11.8 Å². The van der Waals surface area contributed by atoms with Crippen LogP contribution < -0.4 is 10.1 Å². The highest BCUT2D eigenvalue weighted by Gasteiger charge is 2.22. The summed E-state index contributed by atoms with van der Waals surface area (Å²) in [4.78, 5) is 26.6. The monoisotopic (exact) mass is 410 g/mol. The number of carbonyl (C=O) groups is 2. The second-order valence-corrected chi connectivity index (χ2v) is 6.63. The number of hydrogen-bond acceptors (Lipinski definition) is 4. The first-order chi connectivity index (χ1) is 12.8. The topological polar surface area (TPSA) is 78.9 Å². The van der Waals surface area contributed by atoms with Gasteiger partial charge in [-0.25, -0.2) is 0 Å². The Labute approximate surface area is 167 Å². The molecule has 27 heavy (non-hydrogen) atoms. The highest BCUT2D eigenvalue weighted by atomic mass is 35.5. The van der Waals surface area contributed by atoms with Crippen LogP contribution in [0.25, 0.3) is 0 Å². The summed E-state index contributed by atoms with van der Waals surface area (Å²) in [6, 6.07) is 9.07. The van der Waals surface area contributed by atoms with Crippen molar-refractivity contribution in [2.45, 2.75) is 13.3 Å². The van der Waals surface area contributed by atoms with Crippen LogP contribution in [0.3, 0.4) is 0 Å². The fraction of sp³-hybridized carbons (Fsp3) is 0.263. The summed E-state index contributed by atoms with van der Waals surface area (Å²) in [5.41, 5.74) is 0.472. The van der Waals surface area contributed by atoms with Gasteiger partial charge >= 0.3 is 0 Å². The summed E-state index contributed by atoms with van der Waals surface area (Å²) < 4.78 is 5.10. The third-order valence-electron chi connectivity index (χ3n) is 3.75. The normalized spacial score (nSPS) is 10.4. The predicted molar refractivity (Wildman–Crippen MR) is 106 cm³/mol. The molecule has 2 aromatic rings. The molecule has 0 atom stereocenters. The Morgan fingerprint density at radius 1 is 1.19 bits per heavy atom. The molecule has 0 aliphatic heterocycles. The number of phenolic OH excluding ortho intramolecular Hbond substituents is 1. The number of carbonyl (C=O) groups excluding carboxylic acids is 2. The second-order valence-electron chi connectivity index (χ2n) is 5.78. The molecule has 6 nitrogen and oxygen atoms in total. The molecular weight excluding hydrogens is 391 g/mol. The molecule has 0 aliphatic carbocycles. The molecule has 0 fully saturated rings. The van der Waals surface area contributed by atoms with Gasteiger partial charge in [0.25, 0.3) is 5.91 Å². The number of phenols is 1. The molecule has 0 spiro atoms. The van der Waals surface area contributed by atoms with E-state index in [4.69, 9.17) is 27.9 Å². The minimum absolute atomic E-state index is 0.0696. The van der Waals surface area contributed by atoms with Crippen LogP contribution in [0, 0.1) is 0 Å². The quantitative estimate of drug-likeness (QED) is 0.716. The van der Waals surface area contributed by atoms with E-state index in [2.05, 4.69) is 5.32 Å². The van der Waals surface area contributed by atoms with Gasteiger partial charge in [0, 0.05) is 11.6 Å². The summed E-state index contributed by atoms with van der Waals surface area (Å²) in [6.45, 7) is 2.04. The summed E-state index contributed by atoms with van der Waals surface area (Å²) >= 11 is 11.9. The summed E-state index contributed by atoms with van der Waals surface area (Å²) in [5.74, 6) is -0.623. The van der Waals surface area contributed by atoms with Crippen LogP contribution in [-0.4, -0.2) is 42.0 Å². The molecule has 0 saturated carbocycles. The van der Waals surface area contributed by atoms with Crippen molar-refractivity contribution in [3.63, 3.8) is 0 Å².